The minimum absolute atomic E-state index is 0.0819. The van der Waals surface area contributed by atoms with Crippen molar-refractivity contribution >= 4 is 11.8 Å². The third-order valence-electron chi connectivity index (χ3n) is 9.13. The van der Waals surface area contributed by atoms with E-state index in [4.69, 9.17) is 4.74 Å². The molecule has 2 amide bonds. The molecule has 2 bridgehead atoms. The van der Waals surface area contributed by atoms with E-state index in [1.165, 1.54) is 19.3 Å². The second-order valence-corrected chi connectivity index (χ2v) is 11.5. The molecule has 3 aliphatic carbocycles. The first-order valence-electron chi connectivity index (χ1n) is 14.4. The predicted molar refractivity (Wildman–Crippen MR) is 141 cm³/mol. The number of rotatable bonds is 11. The predicted octanol–water partition coefficient (Wildman–Crippen LogP) is 3.54. The molecule has 5 rings (SSSR count). The van der Waals surface area contributed by atoms with Crippen LogP contribution in [0.4, 0.5) is 0 Å². The highest BCUT2D eigenvalue weighted by Crippen LogP contribution is 2.50. The maximum Gasteiger partial charge on any atom is 0.247 e. The molecule has 7 atom stereocenters. The standard InChI is InChI=1S/C30H42N2O5/c1-2-3-4-7-13-32(26(34)17-21-16-19-10-11-20(21)15-19)24-18-23(30(36)31-12-14-33)27-22-8-5-6-9-25(22)37-29(27)28(24)35/h5-6,8-9,18-21,24,27-29,33,35H,2-4,7,10-17H2,1H3,(H,31,36). The van der Waals surface area contributed by atoms with E-state index < -0.39 is 24.2 Å². The average Bonchev–Trinajstić information content (AvgIpc) is 3.63. The normalized spacial score (nSPS) is 31.3. The number of unbranched alkanes of at least 4 members (excludes halogenated alkanes) is 3. The molecule has 1 aromatic carbocycles. The van der Waals surface area contributed by atoms with E-state index in [2.05, 4.69) is 12.2 Å². The lowest BCUT2D eigenvalue weighted by molar-refractivity contribution is -0.138. The van der Waals surface area contributed by atoms with Gasteiger partial charge in [0, 0.05) is 30.6 Å². The highest BCUT2D eigenvalue weighted by atomic mass is 16.5. The van der Waals surface area contributed by atoms with Crippen molar-refractivity contribution in [2.45, 2.75) is 88.9 Å². The Morgan fingerprint density at radius 2 is 1.97 bits per heavy atom. The SMILES string of the molecule is CCCCCCN(C(=O)CC1CC2CCC1C2)C1C=C(C(=O)NCCO)C2c3ccccc3OC2C1O. The van der Waals surface area contributed by atoms with Crippen LogP contribution in [0.3, 0.4) is 0 Å². The summed E-state index contributed by atoms with van der Waals surface area (Å²) in [6, 6.07) is 6.96. The van der Waals surface area contributed by atoms with Crippen LogP contribution in [0.1, 0.15) is 76.2 Å². The third kappa shape index (κ3) is 5.30. The van der Waals surface area contributed by atoms with Gasteiger partial charge in [-0.15, -0.1) is 0 Å². The summed E-state index contributed by atoms with van der Waals surface area (Å²) in [6.07, 6.45) is 9.78. The summed E-state index contributed by atoms with van der Waals surface area (Å²) in [6.45, 7) is 2.72. The minimum atomic E-state index is -0.943. The van der Waals surface area contributed by atoms with Crippen molar-refractivity contribution in [3.05, 3.63) is 41.5 Å². The number of hydrogen-bond donors (Lipinski definition) is 3. The van der Waals surface area contributed by atoms with Crippen LogP contribution in [0.5, 0.6) is 5.75 Å². The Morgan fingerprint density at radius 1 is 1.14 bits per heavy atom. The Hall–Kier alpha value is -2.38. The summed E-state index contributed by atoms with van der Waals surface area (Å²) >= 11 is 0. The van der Waals surface area contributed by atoms with Gasteiger partial charge in [0.2, 0.25) is 11.8 Å². The molecule has 2 fully saturated rings. The molecule has 1 aliphatic heterocycles. The first-order valence-corrected chi connectivity index (χ1v) is 14.4. The molecule has 7 heteroatoms. The van der Waals surface area contributed by atoms with Crippen molar-refractivity contribution in [1.29, 1.82) is 0 Å². The lowest BCUT2D eigenvalue weighted by atomic mass is 9.77. The number of hydrogen-bond acceptors (Lipinski definition) is 5. The summed E-state index contributed by atoms with van der Waals surface area (Å²) < 4.78 is 6.23. The molecular weight excluding hydrogens is 468 g/mol. The topological polar surface area (TPSA) is 99.1 Å². The van der Waals surface area contributed by atoms with Crippen LogP contribution in [-0.4, -0.2) is 64.9 Å². The number of nitrogens with one attached hydrogen (secondary N) is 1. The molecule has 2 saturated carbocycles. The average molecular weight is 511 g/mol. The Labute approximate surface area is 220 Å². The molecule has 3 N–H and O–H groups in total. The second-order valence-electron chi connectivity index (χ2n) is 11.5. The van der Waals surface area contributed by atoms with Crippen molar-refractivity contribution in [1.82, 2.24) is 10.2 Å². The largest absolute Gasteiger partial charge is 0.486 e. The van der Waals surface area contributed by atoms with E-state index >= 15 is 0 Å². The highest BCUT2D eigenvalue weighted by molar-refractivity contribution is 5.96. The highest BCUT2D eigenvalue weighted by Gasteiger charge is 2.50. The van der Waals surface area contributed by atoms with E-state index in [0.717, 1.165) is 43.6 Å². The van der Waals surface area contributed by atoms with Crippen molar-refractivity contribution in [2.24, 2.45) is 17.8 Å². The van der Waals surface area contributed by atoms with E-state index in [0.29, 0.717) is 36.1 Å². The third-order valence-corrected chi connectivity index (χ3v) is 9.13. The maximum atomic E-state index is 13.9. The van der Waals surface area contributed by atoms with E-state index in [1.54, 1.807) is 0 Å². The lowest BCUT2D eigenvalue weighted by Gasteiger charge is -2.41. The molecule has 202 valence electrons. The molecule has 7 unspecified atom stereocenters. The van der Waals surface area contributed by atoms with Crippen molar-refractivity contribution in [3.8, 4) is 5.75 Å². The van der Waals surface area contributed by atoms with Gasteiger partial charge in [-0.2, -0.15) is 0 Å². The van der Waals surface area contributed by atoms with Gasteiger partial charge in [0.25, 0.3) is 0 Å². The van der Waals surface area contributed by atoms with Crippen molar-refractivity contribution in [3.63, 3.8) is 0 Å². The number of para-hydroxylation sites is 1. The van der Waals surface area contributed by atoms with Crippen LogP contribution < -0.4 is 10.1 Å². The quantitative estimate of drug-likeness (QED) is 0.396. The number of ether oxygens (including phenoxy) is 1. The molecule has 0 spiro atoms. The molecule has 4 aliphatic rings. The molecule has 1 aromatic rings. The van der Waals surface area contributed by atoms with Gasteiger partial charge in [-0.05, 0) is 55.6 Å². The number of carbonyl (C=O) groups excluding carboxylic acids is 2. The van der Waals surface area contributed by atoms with Gasteiger partial charge in [0.15, 0.2) is 0 Å². The molecule has 0 aromatic heterocycles. The second kappa shape index (κ2) is 11.6. The molecule has 1 heterocycles. The van der Waals surface area contributed by atoms with Crippen molar-refractivity contribution in [2.75, 3.05) is 19.7 Å². The summed E-state index contributed by atoms with van der Waals surface area (Å²) in [5, 5.41) is 23.7. The fraction of sp³-hybridized carbons (Fsp3) is 0.667. The number of fused-ring (bicyclic) bond motifs is 5. The first-order chi connectivity index (χ1) is 18.0. The zero-order valence-corrected chi connectivity index (χ0v) is 22.0. The minimum Gasteiger partial charge on any atom is -0.486 e. The van der Waals surface area contributed by atoms with Crippen LogP contribution in [0.15, 0.2) is 35.9 Å². The number of benzene rings is 1. The Kier molecular flexibility index (Phi) is 8.20. The Balaban J connectivity index is 1.43. The Morgan fingerprint density at radius 3 is 2.70 bits per heavy atom. The van der Waals surface area contributed by atoms with E-state index in [1.807, 2.05) is 35.2 Å². The monoisotopic (exact) mass is 510 g/mol. The number of aliphatic hydroxyl groups excluding tert-OH is 2. The first kappa shape index (κ1) is 26.2. The summed E-state index contributed by atoms with van der Waals surface area (Å²) in [5.74, 6) is 1.91. The number of nitrogens with zero attached hydrogens (tertiary/aromatic N) is 1. The van der Waals surface area contributed by atoms with Crippen LogP contribution in [-0.2, 0) is 9.59 Å². The molecule has 0 saturated heterocycles. The van der Waals surface area contributed by atoms with Gasteiger partial charge in [-0.3, -0.25) is 9.59 Å². The van der Waals surface area contributed by atoms with Gasteiger partial charge >= 0.3 is 0 Å². The molecular formula is C30H42N2O5. The zero-order chi connectivity index (χ0) is 25.9. The van der Waals surface area contributed by atoms with Crippen LogP contribution in [0.25, 0.3) is 0 Å². The maximum absolute atomic E-state index is 13.9. The summed E-state index contributed by atoms with van der Waals surface area (Å²) in [7, 11) is 0. The zero-order valence-electron chi connectivity index (χ0n) is 22.0. The van der Waals surface area contributed by atoms with Crippen LogP contribution in [0, 0.1) is 17.8 Å². The molecule has 0 radical (unpaired) electrons. The van der Waals surface area contributed by atoms with E-state index in [-0.39, 0.29) is 25.0 Å². The van der Waals surface area contributed by atoms with Crippen molar-refractivity contribution < 1.29 is 24.5 Å². The van der Waals surface area contributed by atoms with Gasteiger partial charge in [0.05, 0.1) is 18.6 Å². The lowest BCUT2D eigenvalue weighted by Crippen LogP contribution is -2.56. The fourth-order valence-electron chi connectivity index (χ4n) is 7.31. The van der Waals surface area contributed by atoms with Gasteiger partial charge < -0.3 is 25.2 Å². The Bertz CT molecular complexity index is 1010. The van der Waals surface area contributed by atoms with Gasteiger partial charge in [-0.25, -0.2) is 0 Å². The number of carbonyl (C=O) groups is 2. The molecule has 37 heavy (non-hydrogen) atoms. The van der Waals surface area contributed by atoms with Crippen LogP contribution >= 0.6 is 0 Å². The van der Waals surface area contributed by atoms with E-state index in [9.17, 15) is 19.8 Å². The number of aliphatic hydroxyl groups is 2. The van der Waals surface area contributed by atoms with Gasteiger partial charge in [-0.1, -0.05) is 50.8 Å². The smallest absolute Gasteiger partial charge is 0.247 e. The van der Waals surface area contributed by atoms with Gasteiger partial charge in [0.1, 0.15) is 18.0 Å². The van der Waals surface area contributed by atoms with Crippen LogP contribution in [0.2, 0.25) is 0 Å². The number of amides is 2. The summed E-state index contributed by atoms with van der Waals surface area (Å²) in [4.78, 5) is 29.0. The molecule has 7 nitrogen and oxygen atoms in total. The fourth-order valence-corrected chi connectivity index (χ4v) is 7.31. The summed E-state index contributed by atoms with van der Waals surface area (Å²) in [5.41, 5.74) is 1.38.